The zero-order valence-electron chi connectivity index (χ0n) is 11.0. The topological polar surface area (TPSA) is 9.23 Å². The van der Waals surface area contributed by atoms with Crippen molar-refractivity contribution in [3.8, 4) is 5.75 Å². The quantitative estimate of drug-likeness (QED) is 0.778. The summed E-state index contributed by atoms with van der Waals surface area (Å²) in [5, 5.41) is 0. The summed E-state index contributed by atoms with van der Waals surface area (Å²) in [6.07, 6.45) is 3.33. The Hall–Kier alpha value is -1.83. The first kappa shape index (κ1) is 12.2. The van der Waals surface area contributed by atoms with Gasteiger partial charge in [0.25, 0.3) is 0 Å². The van der Waals surface area contributed by atoms with E-state index in [0.29, 0.717) is 5.92 Å². The fourth-order valence-electron chi connectivity index (χ4n) is 3.05. The molecule has 1 aliphatic rings. The van der Waals surface area contributed by atoms with E-state index in [1.54, 1.807) is 19.2 Å². The van der Waals surface area contributed by atoms with Gasteiger partial charge in [-0.05, 0) is 54.2 Å². The Bertz CT molecular complexity index is 574. The van der Waals surface area contributed by atoms with Gasteiger partial charge < -0.3 is 4.74 Å². The standard InChI is InChI=1S/C17H17FO/c1-19-17-7-3-5-15-14(4-2-6-16(15)17)12-8-10-13(18)11-9-12/h3,5,7-11,14H,2,4,6H2,1H3. The molecule has 1 nitrogen and oxygen atoms in total. The average molecular weight is 256 g/mol. The summed E-state index contributed by atoms with van der Waals surface area (Å²) in [6.45, 7) is 0. The summed E-state index contributed by atoms with van der Waals surface area (Å²) in [7, 11) is 1.72. The molecule has 0 fully saturated rings. The van der Waals surface area contributed by atoms with Crippen LogP contribution in [0.3, 0.4) is 0 Å². The van der Waals surface area contributed by atoms with E-state index in [2.05, 4.69) is 6.07 Å². The van der Waals surface area contributed by atoms with Crippen LogP contribution in [0, 0.1) is 5.82 Å². The second-order valence-electron chi connectivity index (χ2n) is 5.02. The SMILES string of the molecule is COc1cccc2c1CCCC2c1ccc(F)cc1. The second-order valence-corrected chi connectivity index (χ2v) is 5.02. The van der Waals surface area contributed by atoms with Crippen LogP contribution in [0.1, 0.15) is 35.4 Å². The smallest absolute Gasteiger partial charge is 0.123 e. The molecular formula is C17H17FO. The van der Waals surface area contributed by atoms with E-state index in [9.17, 15) is 4.39 Å². The van der Waals surface area contributed by atoms with Crippen LogP contribution < -0.4 is 4.74 Å². The van der Waals surface area contributed by atoms with Crippen molar-refractivity contribution in [1.82, 2.24) is 0 Å². The Morgan fingerprint density at radius 3 is 2.63 bits per heavy atom. The lowest BCUT2D eigenvalue weighted by Crippen LogP contribution is -2.12. The molecule has 2 aromatic rings. The molecule has 98 valence electrons. The van der Waals surface area contributed by atoms with Crippen LogP contribution in [0.5, 0.6) is 5.75 Å². The van der Waals surface area contributed by atoms with Gasteiger partial charge in [-0.2, -0.15) is 0 Å². The number of hydrogen-bond acceptors (Lipinski definition) is 1. The fraction of sp³-hybridized carbons (Fsp3) is 0.294. The van der Waals surface area contributed by atoms with E-state index < -0.39 is 0 Å². The Kier molecular flexibility index (Phi) is 3.24. The summed E-state index contributed by atoms with van der Waals surface area (Å²) in [4.78, 5) is 0. The second kappa shape index (κ2) is 5.04. The van der Waals surface area contributed by atoms with Gasteiger partial charge in [0.2, 0.25) is 0 Å². The van der Waals surface area contributed by atoms with Gasteiger partial charge in [0.05, 0.1) is 7.11 Å². The lowest BCUT2D eigenvalue weighted by Gasteiger charge is -2.27. The summed E-state index contributed by atoms with van der Waals surface area (Å²) in [5.41, 5.74) is 3.83. The molecule has 3 rings (SSSR count). The van der Waals surface area contributed by atoms with E-state index in [1.165, 1.54) is 16.7 Å². The highest BCUT2D eigenvalue weighted by molar-refractivity contribution is 5.47. The molecule has 0 N–H and O–H groups in total. The molecule has 0 amide bonds. The molecule has 0 saturated heterocycles. The van der Waals surface area contributed by atoms with Crippen molar-refractivity contribution in [3.05, 3.63) is 65.0 Å². The molecule has 0 heterocycles. The predicted octanol–water partition coefficient (Wildman–Crippen LogP) is 4.30. The molecule has 0 spiro atoms. The highest BCUT2D eigenvalue weighted by Crippen LogP contribution is 2.40. The number of ether oxygens (including phenoxy) is 1. The molecule has 0 saturated carbocycles. The third-order valence-corrected chi connectivity index (χ3v) is 3.96. The van der Waals surface area contributed by atoms with Crippen molar-refractivity contribution in [1.29, 1.82) is 0 Å². The maximum absolute atomic E-state index is 13.0. The molecule has 19 heavy (non-hydrogen) atoms. The van der Waals surface area contributed by atoms with Crippen LogP contribution in [0.15, 0.2) is 42.5 Å². The van der Waals surface area contributed by atoms with Gasteiger partial charge >= 0.3 is 0 Å². The third-order valence-electron chi connectivity index (χ3n) is 3.96. The number of halogens is 1. The zero-order chi connectivity index (χ0) is 13.2. The number of rotatable bonds is 2. The first-order chi connectivity index (χ1) is 9.29. The molecule has 1 aliphatic carbocycles. The third kappa shape index (κ3) is 2.23. The van der Waals surface area contributed by atoms with Gasteiger partial charge in [0, 0.05) is 5.92 Å². The van der Waals surface area contributed by atoms with Gasteiger partial charge in [-0.25, -0.2) is 4.39 Å². The fourth-order valence-corrected chi connectivity index (χ4v) is 3.05. The highest BCUT2D eigenvalue weighted by atomic mass is 19.1. The molecule has 1 unspecified atom stereocenters. The first-order valence-electron chi connectivity index (χ1n) is 6.71. The summed E-state index contributed by atoms with van der Waals surface area (Å²) >= 11 is 0. The number of hydrogen-bond donors (Lipinski definition) is 0. The molecule has 0 aromatic heterocycles. The lowest BCUT2D eigenvalue weighted by molar-refractivity contribution is 0.404. The Morgan fingerprint density at radius 2 is 1.89 bits per heavy atom. The van der Waals surface area contributed by atoms with E-state index in [4.69, 9.17) is 4.74 Å². The summed E-state index contributed by atoms with van der Waals surface area (Å²) in [6, 6.07) is 13.1. The van der Waals surface area contributed by atoms with E-state index >= 15 is 0 Å². The molecule has 1 atom stereocenters. The maximum Gasteiger partial charge on any atom is 0.123 e. The van der Waals surface area contributed by atoms with Crippen LogP contribution in [0.2, 0.25) is 0 Å². The van der Waals surface area contributed by atoms with Crippen molar-refractivity contribution in [2.45, 2.75) is 25.2 Å². The largest absolute Gasteiger partial charge is 0.496 e. The summed E-state index contributed by atoms with van der Waals surface area (Å²) < 4.78 is 18.5. The predicted molar refractivity (Wildman–Crippen MR) is 74.2 cm³/mol. The molecule has 0 radical (unpaired) electrons. The van der Waals surface area contributed by atoms with E-state index in [0.717, 1.165) is 25.0 Å². The van der Waals surface area contributed by atoms with Crippen molar-refractivity contribution in [2.24, 2.45) is 0 Å². The Labute approximate surface area is 113 Å². The number of benzene rings is 2. The van der Waals surface area contributed by atoms with Crippen LogP contribution in [-0.4, -0.2) is 7.11 Å². The molecule has 0 aliphatic heterocycles. The Balaban J connectivity index is 2.05. The van der Waals surface area contributed by atoms with E-state index in [1.807, 2.05) is 24.3 Å². The van der Waals surface area contributed by atoms with Crippen molar-refractivity contribution in [2.75, 3.05) is 7.11 Å². The minimum atomic E-state index is -0.176. The molecule has 2 heteroatoms. The number of methoxy groups -OCH3 is 1. The minimum absolute atomic E-state index is 0.176. The van der Waals surface area contributed by atoms with Crippen LogP contribution in [0.4, 0.5) is 4.39 Å². The zero-order valence-corrected chi connectivity index (χ0v) is 11.0. The first-order valence-corrected chi connectivity index (χ1v) is 6.71. The van der Waals surface area contributed by atoms with Crippen LogP contribution in [-0.2, 0) is 6.42 Å². The number of fused-ring (bicyclic) bond motifs is 1. The lowest BCUT2D eigenvalue weighted by atomic mass is 9.78. The van der Waals surface area contributed by atoms with Gasteiger partial charge in [0.15, 0.2) is 0 Å². The molecule has 2 aromatic carbocycles. The minimum Gasteiger partial charge on any atom is -0.496 e. The van der Waals surface area contributed by atoms with Crippen molar-refractivity contribution < 1.29 is 9.13 Å². The normalized spacial score (nSPS) is 17.9. The molecular weight excluding hydrogens is 239 g/mol. The van der Waals surface area contributed by atoms with Crippen molar-refractivity contribution >= 4 is 0 Å². The maximum atomic E-state index is 13.0. The monoisotopic (exact) mass is 256 g/mol. The van der Waals surface area contributed by atoms with Gasteiger partial charge in [-0.3, -0.25) is 0 Å². The summed E-state index contributed by atoms with van der Waals surface area (Å²) in [5.74, 6) is 1.16. The Morgan fingerprint density at radius 1 is 1.11 bits per heavy atom. The van der Waals surface area contributed by atoms with Gasteiger partial charge in [0.1, 0.15) is 11.6 Å². The van der Waals surface area contributed by atoms with Crippen molar-refractivity contribution in [3.63, 3.8) is 0 Å². The highest BCUT2D eigenvalue weighted by Gasteiger charge is 2.23. The van der Waals surface area contributed by atoms with Crippen LogP contribution >= 0.6 is 0 Å². The molecule has 0 bridgehead atoms. The van der Waals surface area contributed by atoms with Crippen LogP contribution in [0.25, 0.3) is 0 Å². The van der Waals surface area contributed by atoms with Gasteiger partial charge in [-0.15, -0.1) is 0 Å². The van der Waals surface area contributed by atoms with E-state index in [-0.39, 0.29) is 5.82 Å². The van der Waals surface area contributed by atoms with Gasteiger partial charge in [-0.1, -0.05) is 24.3 Å². The average Bonchev–Trinajstić information content (AvgIpc) is 2.47.